The van der Waals surface area contributed by atoms with Crippen molar-refractivity contribution in [2.24, 2.45) is 5.73 Å². The maximum Gasteiger partial charge on any atom is 0.229 e. The van der Waals surface area contributed by atoms with E-state index in [0.717, 1.165) is 21.9 Å². The first kappa shape index (κ1) is 11.2. The molecular weight excluding hydrogens is 210 g/mol. The van der Waals surface area contributed by atoms with Crippen LogP contribution in [0, 0.1) is 18.8 Å². The largest absolute Gasteiger partial charge is 0.369 e. The van der Waals surface area contributed by atoms with Crippen molar-refractivity contribution in [3.05, 3.63) is 47.5 Å². The van der Waals surface area contributed by atoms with Gasteiger partial charge in [-0.1, -0.05) is 48.2 Å². The van der Waals surface area contributed by atoms with Crippen LogP contribution in [0.4, 0.5) is 0 Å². The number of amides is 1. The minimum atomic E-state index is -0.393. The Morgan fingerprint density at radius 2 is 2.00 bits per heavy atom. The first-order chi connectivity index (χ1) is 8.18. The zero-order chi connectivity index (χ0) is 12.3. The van der Waals surface area contributed by atoms with Crippen LogP contribution >= 0.6 is 0 Å². The molecular formula is C15H13NO. The monoisotopic (exact) mass is 223 g/mol. The molecule has 0 bridgehead atoms. The molecule has 0 saturated carbocycles. The van der Waals surface area contributed by atoms with Crippen LogP contribution < -0.4 is 5.73 Å². The van der Waals surface area contributed by atoms with E-state index in [-0.39, 0.29) is 6.42 Å². The molecule has 0 unspecified atom stereocenters. The molecule has 0 saturated heterocycles. The van der Waals surface area contributed by atoms with Crippen molar-refractivity contribution in [3.8, 4) is 11.8 Å². The van der Waals surface area contributed by atoms with Crippen LogP contribution in [0.5, 0.6) is 0 Å². The second-order valence-electron chi connectivity index (χ2n) is 3.92. The van der Waals surface area contributed by atoms with E-state index < -0.39 is 5.91 Å². The first-order valence-electron chi connectivity index (χ1n) is 5.44. The fourth-order valence-corrected chi connectivity index (χ4v) is 1.77. The zero-order valence-electron chi connectivity index (χ0n) is 9.66. The molecule has 84 valence electrons. The predicted molar refractivity (Wildman–Crippen MR) is 69.4 cm³/mol. The minimum Gasteiger partial charge on any atom is -0.369 e. The van der Waals surface area contributed by atoms with Gasteiger partial charge in [-0.15, -0.1) is 0 Å². The third-order valence-corrected chi connectivity index (χ3v) is 2.61. The molecule has 0 atom stereocenters. The zero-order valence-corrected chi connectivity index (χ0v) is 9.66. The number of fused-ring (bicyclic) bond motifs is 1. The number of benzene rings is 2. The van der Waals surface area contributed by atoms with Gasteiger partial charge in [-0.2, -0.15) is 0 Å². The Hall–Kier alpha value is -2.27. The lowest BCUT2D eigenvalue weighted by atomic mass is 10.00. The molecule has 0 spiro atoms. The second kappa shape index (κ2) is 4.71. The molecule has 2 aromatic rings. The third kappa shape index (κ3) is 2.46. The average molecular weight is 223 g/mol. The number of aryl methyl sites for hydroxylation is 1. The minimum absolute atomic E-state index is 0.0999. The molecule has 0 fully saturated rings. The van der Waals surface area contributed by atoms with Crippen LogP contribution in [-0.4, -0.2) is 5.91 Å². The fraction of sp³-hybridized carbons (Fsp3) is 0.133. The highest BCUT2D eigenvalue weighted by molar-refractivity contribution is 5.89. The third-order valence-electron chi connectivity index (χ3n) is 2.61. The van der Waals surface area contributed by atoms with E-state index in [0.29, 0.717) is 0 Å². The Bertz CT molecular complexity index is 632. The van der Waals surface area contributed by atoms with E-state index in [1.807, 2.05) is 37.3 Å². The summed E-state index contributed by atoms with van der Waals surface area (Å²) in [5.74, 6) is 5.45. The van der Waals surface area contributed by atoms with E-state index in [1.54, 1.807) is 0 Å². The average Bonchev–Trinajstić information content (AvgIpc) is 2.32. The lowest BCUT2D eigenvalue weighted by molar-refractivity contribution is -0.117. The molecule has 0 aliphatic rings. The van der Waals surface area contributed by atoms with E-state index in [9.17, 15) is 4.79 Å². The molecule has 0 heterocycles. The molecule has 2 aromatic carbocycles. The van der Waals surface area contributed by atoms with Crippen molar-refractivity contribution in [1.82, 2.24) is 0 Å². The lowest BCUT2D eigenvalue weighted by Crippen LogP contribution is -2.08. The van der Waals surface area contributed by atoms with E-state index >= 15 is 0 Å². The molecule has 1 amide bonds. The van der Waals surface area contributed by atoms with Crippen molar-refractivity contribution >= 4 is 16.7 Å². The van der Waals surface area contributed by atoms with Gasteiger partial charge in [0, 0.05) is 5.56 Å². The van der Waals surface area contributed by atoms with Crippen molar-refractivity contribution in [3.63, 3.8) is 0 Å². The van der Waals surface area contributed by atoms with Crippen LogP contribution in [-0.2, 0) is 4.79 Å². The SMILES string of the molecule is Cc1ccc2ccccc2c1C#CCC(N)=O. The Kier molecular flexibility index (Phi) is 3.11. The molecule has 17 heavy (non-hydrogen) atoms. The highest BCUT2D eigenvalue weighted by atomic mass is 16.1. The van der Waals surface area contributed by atoms with Gasteiger partial charge < -0.3 is 5.73 Å². The molecule has 2 rings (SSSR count). The lowest BCUT2D eigenvalue weighted by Gasteiger charge is -2.03. The highest BCUT2D eigenvalue weighted by Gasteiger charge is 2.01. The van der Waals surface area contributed by atoms with Gasteiger partial charge in [0.15, 0.2) is 0 Å². The summed E-state index contributed by atoms with van der Waals surface area (Å²) in [5.41, 5.74) is 7.15. The summed E-state index contributed by atoms with van der Waals surface area (Å²) < 4.78 is 0. The Morgan fingerprint density at radius 3 is 2.76 bits per heavy atom. The van der Waals surface area contributed by atoms with Gasteiger partial charge in [-0.3, -0.25) is 4.79 Å². The smallest absolute Gasteiger partial charge is 0.229 e. The summed E-state index contributed by atoms with van der Waals surface area (Å²) in [6, 6.07) is 12.2. The summed E-state index contributed by atoms with van der Waals surface area (Å²) in [7, 11) is 0. The van der Waals surface area contributed by atoms with Crippen LogP contribution in [0.2, 0.25) is 0 Å². The summed E-state index contributed by atoms with van der Waals surface area (Å²) in [4.78, 5) is 10.7. The van der Waals surface area contributed by atoms with Gasteiger partial charge in [-0.25, -0.2) is 0 Å². The van der Waals surface area contributed by atoms with Gasteiger partial charge in [-0.05, 0) is 23.3 Å². The first-order valence-corrected chi connectivity index (χ1v) is 5.44. The number of primary amides is 1. The fourth-order valence-electron chi connectivity index (χ4n) is 1.77. The number of rotatable bonds is 1. The summed E-state index contributed by atoms with van der Waals surface area (Å²) in [6.07, 6.45) is 0.0999. The number of hydrogen-bond donors (Lipinski definition) is 1. The quantitative estimate of drug-likeness (QED) is 0.741. The normalized spacial score (nSPS) is 9.71. The number of carbonyl (C=O) groups excluding carboxylic acids is 1. The standard InChI is InChI=1S/C15H13NO/c1-11-9-10-12-5-2-3-6-14(12)13(11)7-4-8-15(16)17/h2-3,5-6,9-10H,8H2,1H3,(H2,16,17). The van der Waals surface area contributed by atoms with Gasteiger partial charge in [0.2, 0.25) is 5.91 Å². The van der Waals surface area contributed by atoms with E-state index in [4.69, 9.17) is 5.73 Å². The van der Waals surface area contributed by atoms with Gasteiger partial charge in [0.05, 0.1) is 6.42 Å². The van der Waals surface area contributed by atoms with Crippen LogP contribution in [0.3, 0.4) is 0 Å². The summed E-state index contributed by atoms with van der Waals surface area (Å²) in [5, 5.41) is 2.27. The molecule has 0 aromatic heterocycles. The molecule has 0 aliphatic carbocycles. The molecule has 0 radical (unpaired) electrons. The van der Waals surface area contributed by atoms with E-state index in [2.05, 4.69) is 17.9 Å². The second-order valence-corrected chi connectivity index (χ2v) is 3.92. The van der Waals surface area contributed by atoms with Crippen molar-refractivity contribution in [1.29, 1.82) is 0 Å². The maximum atomic E-state index is 10.7. The predicted octanol–water partition coefficient (Wildman–Crippen LogP) is 2.38. The molecule has 2 N–H and O–H groups in total. The van der Waals surface area contributed by atoms with Crippen LogP contribution in [0.25, 0.3) is 10.8 Å². The summed E-state index contributed by atoms with van der Waals surface area (Å²) >= 11 is 0. The number of nitrogens with two attached hydrogens (primary N) is 1. The van der Waals surface area contributed by atoms with Gasteiger partial charge in [0.25, 0.3) is 0 Å². The molecule has 0 aliphatic heterocycles. The Labute approximate surface area is 100 Å². The Morgan fingerprint density at radius 1 is 1.24 bits per heavy atom. The van der Waals surface area contributed by atoms with Gasteiger partial charge >= 0.3 is 0 Å². The Balaban J connectivity index is 2.54. The summed E-state index contributed by atoms with van der Waals surface area (Å²) in [6.45, 7) is 2.01. The van der Waals surface area contributed by atoms with Crippen molar-refractivity contribution in [2.45, 2.75) is 13.3 Å². The maximum absolute atomic E-state index is 10.7. The topological polar surface area (TPSA) is 43.1 Å². The molecule has 2 nitrogen and oxygen atoms in total. The van der Waals surface area contributed by atoms with Gasteiger partial charge in [0.1, 0.15) is 0 Å². The van der Waals surface area contributed by atoms with Crippen molar-refractivity contribution in [2.75, 3.05) is 0 Å². The van der Waals surface area contributed by atoms with Crippen LogP contribution in [0.1, 0.15) is 17.5 Å². The van der Waals surface area contributed by atoms with Crippen LogP contribution in [0.15, 0.2) is 36.4 Å². The van der Waals surface area contributed by atoms with E-state index in [1.165, 1.54) is 0 Å². The molecule has 2 heteroatoms. The van der Waals surface area contributed by atoms with Crippen molar-refractivity contribution < 1.29 is 4.79 Å². The number of hydrogen-bond acceptors (Lipinski definition) is 1. The highest BCUT2D eigenvalue weighted by Crippen LogP contribution is 2.21. The number of carbonyl (C=O) groups is 1.